The highest BCUT2D eigenvalue weighted by molar-refractivity contribution is 5.90. The van der Waals surface area contributed by atoms with Crippen LogP contribution in [-0.2, 0) is 16.6 Å². The van der Waals surface area contributed by atoms with Gasteiger partial charge in [-0.05, 0) is 13.0 Å². The van der Waals surface area contributed by atoms with Gasteiger partial charge in [0.1, 0.15) is 11.9 Å². The van der Waals surface area contributed by atoms with E-state index >= 15 is 0 Å². The molecule has 0 spiro atoms. The fourth-order valence-corrected chi connectivity index (χ4v) is 2.06. The van der Waals surface area contributed by atoms with Crippen molar-refractivity contribution in [2.75, 3.05) is 6.61 Å². The van der Waals surface area contributed by atoms with Crippen molar-refractivity contribution in [3.8, 4) is 0 Å². The van der Waals surface area contributed by atoms with Crippen molar-refractivity contribution >= 4 is 16.9 Å². The van der Waals surface area contributed by atoms with Gasteiger partial charge >= 0.3 is 5.97 Å². The molecule has 18 heavy (non-hydrogen) atoms. The summed E-state index contributed by atoms with van der Waals surface area (Å²) in [6, 6.07) is 3.82. The standard InChI is InChI=1S/C13H15FN2O2/c1-3-18-13(17)11(15)9-7-16(2)12-8(9)5-4-6-10(12)14/h4-7,11H,3,15H2,1-2H3. The van der Waals surface area contributed by atoms with E-state index in [0.29, 0.717) is 16.5 Å². The van der Waals surface area contributed by atoms with Crippen molar-refractivity contribution in [3.05, 3.63) is 35.8 Å². The van der Waals surface area contributed by atoms with Gasteiger partial charge in [0.25, 0.3) is 0 Å². The Morgan fingerprint density at radius 2 is 2.28 bits per heavy atom. The molecule has 0 bridgehead atoms. The molecule has 2 rings (SSSR count). The molecule has 2 aromatic rings. The number of para-hydroxylation sites is 1. The highest BCUT2D eigenvalue weighted by Crippen LogP contribution is 2.27. The van der Waals surface area contributed by atoms with Crippen LogP contribution < -0.4 is 5.73 Å². The highest BCUT2D eigenvalue weighted by Gasteiger charge is 2.22. The summed E-state index contributed by atoms with van der Waals surface area (Å²) in [6.07, 6.45) is 1.66. The molecule has 0 aliphatic rings. The molecule has 1 heterocycles. The second-order valence-electron chi connectivity index (χ2n) is 4.06. The summed E-state index contributed by atoms with van der Waals surface area (Å²) in [5, 5.41) is 0.637. The maximum absolute atomic E-state index is 13.7. The minimum absolute atomic E-state index is 0.270. The number of carbonyl (C=O) groups excluding carboxylic acids is 1. The molecule has 0 saturated carbocycles. The number of fused-ring (bicyclic) bond motifs is 1. The van der Waals surface area contributed by atoms with Gasteiger partial charge in [0.15, 0.2) is 0 Å². The maximum atomic E-state index is 13.7. The van der Waals surface area contributed by atoms with E-state index in [1.165, 1.54) is 6.07 Å². The van der Waals surface area contributed by atoms with Crippen molar-refractivity contribution in [2.45, 2.75) is 13.0 Å². The lowest BCUT2D eigenvalue weighted by Crippen LogP contribution is -2.23. The van der Waals surface area contributed by atoms with Crippen LogP contribution in [0.1, 0.15) is 18.5 Å². The molecule has 0 amide bonds. The molecular weight excluding hydrogens is 235 g/mol. The van der Waals surface area contributed by atoms with Crippen LogP contribution in [0, 0.1) is 5.82 Å². The Morgan fingerprint density at radius 1 is 1.56 bits per heavy atom. The van der Waals surface area contributed by atoms with Crippen molar-refractivity contribution in [3.63, 3.8) is 0 Å². The van der Waals surface area contributed by atoms with E-state index in [-0.39, 0.29) is 12.4 Å². The SMILES string of the molecule is CCOC(=O)C(N)c1cn(C)c2c(F)cccc12. The Hall–Kier alpha value is -1.88. The second-order valence-corrected chi connectivity index (χ2v) is 4.06. The lowest BCUT2D eigenvalue weighted by atomic mass is 10.1. The normalized spacial score (nSPS) is 12.7. The third-order valence-electron chi connectivity index (χ3n) is 2.86. The number of halogens is 1. The predicted molar refractivity (Wildman–Crippen MR) is 66.4 cm³/mol. The fourth-order valence-electron chi connectivity index (χ4n) is 2.06. The van der Waals surface area contributed by atoms with Crippen LogP contribution in [0.4, 0.5) is 4.39 Å². The van der Waals surface area contributed by atoms with Gasteiger partial charge in [-0.25, -0.2) is 9.18 Å². The van der Waals surface area contributed by atoms with Gasteiger partial charge in [0, 0.05) is 24.2 Å². The van der Waals surface area contributed by atoms with E-state index in [4.69, 9.17) is 10.5 Å². The first-order valence-corrected chi connectivity index (χ1v) is 5.72. The summed E-state index contributed by atoms with van der Waals surface area (Å²) in [4.78, 5) is 11.6. The molecule has 0 fully saturated rings. The average molecular weight is 250 g/mol. The van der Waals surface area contributed by atoms with E-state index in [9.17, 15) is 9.18 Å². The molecule has 0 aliphatic heterocycles. The van der Waals surface area contributed by atoms with Gasteiger partial charge in [-0.15, -0.1) is 0 Å². The number of esters is 1. The second kappa shape index (κ2) is 4.78. The summed E-state index contributed by atoms with van der Waals surface area (Å²) < 4.78 is 20.2. The zero-order valence-electron chi connectivity index (χ0n) is 10.3. The maximum Gasteiger partial charge on any atom is 0.327 e. The van der Waals surface area contributed by atoms with Crippen molar-refractivity contribution in [2.24, 2.45) is 12.8 Å². The van der Waals surface area contributed by atoms with Gasteiger partial charge < -0.3 is 15.0 Å². The molecule has 2 N–H and O–H groups in total. The molecule has 1 unspecified atom stereocenters. The Bertz CT molecular complexity index is 592. The molecule has 96 valence electrons. The van der Waals surface area contributed by atoms with E-state index in [1.54, 1.807) is 36.9 Å². The van der Waals surface area contributed by atoms with Crippen molar-refractivity contribution < 1.29 is 13.9 Å². The zero-order chi connectivity index (χ0) is 13.3. The van der Waals surface area contributed by atoms with Gasteiger partial charge in [-0.2, -0.15) is 0 Å². The average Bonchev–Trinajstić information content (AvgIpc) is 2.67. The monoisotopic (exact) mass is 250 g/mol. The Balaban J connectivity index is 2.52. The number of aromatic nitrogens is 1. The number of hydrogen-bond donors (Lipinski definition) is 1. The molecule has 1 atom stereocenters. The number of benzene rings is 1. The highest BCUT2D eigenvalue weighted by atomic mass is 19.1. The van der Waals surface area contributed by atoms with Gasteiger partial charge in [0.2, 0.25) is 0 Å². The molecule has 0 radical (unpaired) electrons. The Labute approximate surface area is 104 Å². The summed E-state index contributed by atoms with van der Waals surface area (Å²) in [5.74, 6) is -0.841. The number of nitrogens with zero attached hydrogens (tertiary/aromatic N) is 1. The Morgan fingerprint density at radius 3 is 2.94 bits per heavy atom. The van der Waals surface area contributed by atoms with Crippen LogP contribution in [0.5, 0.6) is 0 Å². The molecule has 0 saturated heterocycles. The third kappa shape index (κ3) is 1.97. The van der Waals surface area contributed by atoms with E-state index in [1.807, 2.05) is 0 Å². The fraction of sp³-hybridized carbons (Fsp3) is 0.308. The molecule has 5 heteroatoms. The summed E-state index contributed by atoms with van der Waals surface area (Å²) in [7, 11) is 1.72. The predicted octanol–water partition coefficient (Wildman–Crippen LogP) is 1.88. The summed E-state index contributed by atoms with van der Waals surface area (Å²) in [6.45, 7) is 1.99. The first kappa shape index (κ1) is 12.6. The van der Waals surface area contributed by atoms with Crippen LogP contribution in [0.3, 0.4) is 0 Å². The molecular formula is C13H15FN2O2. The van der Waals surface area contributed by atoms with Crippen molar-refractivity contribution in [1.82, 2.24) is 4.57 Å². The zero-order valence-corrected chi connectivity index (χ0v) is 10.3. The number of nitrogens with two attached hydrogens (primary N) is 1. The number of rotatable bonds is 3. The van der Waals surface area contributed by atoms with Crippen LogP contribution in [-0.4, -0.2) is 17.1 Å². The van der Waals surface area contributed by atoms with E-state index in [2.05, 4.69) is 0 Å². The van der Waals surface area contributed by atoms with Gasteiger partial charge in [-0.3, -0.25) is 0 Å². The largest absolute Gasteiger partial charge is 0.465 e. The van der Waals surface area contributed by atoms with E-state index in [0.717, 1.165) is 0 Å². The van der Waals surface area contributed by atoms with Crippen molar-refractivity contribution in [1.29, 1.82) is 0 Å². The first-order valence-electron chi connectivity index (χ1n) is 5.72. The number of hydrogen-bond acceptors (Lipinski definition) is 3. The van der Waals surface area contributed by atoms with Crippen LogP contribution in [0.2, 0.25) is 0 Å². The Kier molecular flexibility index (Phi) is 3.34. The lowest BCUT2D eigenvalue weighted by molar-refractivity contribution is -0.144. The topological polar surface area (TPSA) is 57.2 Å². The number of ether oxygens (including phenoxy) is 1. The lowest BCUT2D eigenvalue weighted by Gasteiger charge is -2.09. The van der Waals surface area contributed by atoms with Gasteiger partial charge in [0.05, 0.1) is 12.1 Å². The summed E-state index contributed by atoms with van der Waals surface area (Å²) >= 11 is 0. The van der Waals surface area contributed by atoms with Crippen LogP contribution in [0.15, 0.2) is 24.4 Å². The van der Waals surface area contributed by atoms with Crippen LogP contribution >= 0.6 is 0 Å². The minimum Gasteiger partial charge on any atom is -0.465 e. The number of aryl methyl sites for hydroxylation is 1. The van der Waals surface area contributed by atoms with E-state index < -0.39 is 12.0 Å². The quantitative estimate of drug-likeness (QED) is 0.846. The summed E-state index contributed by atoms with van der Waals surface area (Å²) in [5.41, 5.74) is 6.86. The first-order chi connectivity index (χ1) is 8.56. The third-order valence-corrected chi connectivity index (χ3v) is 2.86. The number of carbonyl (C=O) groups is 1. The molecule has 0 aliphatic carbocycles. The molecule has 1 aromatic carbocycles. The van der Waals surface area contributed by atoms with Gasteiger partial charge in [-0.1, -0.05) is 12.1 Å². The minimum atomic E-state index is -0.893. The molecule has 1 aromatic heterocycles. The smallest absolute Gasteiger partial charge is 0.327 e. The molecule has 4 nitrogen and oxygen atoms in total. The van der Waals surface area contributed by atoms with Crippen LogP contribution in [0.25, 0.3) is 10.9 Å².